The summed E-state index contributed by atoms with van der Waals surface area (Å²) in [6.45, 7) is 2.09. The quantitative estimate of drug-likeness (QED) is 0.500. The molecule has 3 heterocycles. The molecule has 4 rings (SSSR count). The summed E-state index contributed by atoms with van der Waals surface area (Å²) >= 11 is 0. The molecule has 0 saturated carbocycles. The van der Waals surface area contributed by atoms with Crippen LogP contribution in [0.1, 0.15) is 34.9 Å². The number of aromatic nitrogens is 2. The van der Waals surface area contributed by atoms with E-state index in [-0.39, 0.29) is 5.69 Å². The second-order valence-corrected chi connectivity index (χ2v) is 6.54. The minimum absolute atomic E-state index is 0.185. The molecule has 26 heavy (non-hydrogen) atoms. The second-order valence-electron chi connectivity index (χ2n) is 6.54. The first kappa shape index (κ1) is 16.6. The molecule has 0 bridgehead atoms. The summed E-state index contributed by atoms with van der Waals surface area (Å²) in [5, 5.41) is 13.1. The Morgan fingerprint density at radius 3 is 2.69 bits per heavy atom. The van der Waals surface area contributed by atoms with Crippen LogP contribution < -0.4 is 10.8 Å². The van der Waals surface area contributed by atoms with Gasteiger partial charge in [-0.05, 0) is 67.4 Å². The highest BCUT2D eigenvalue weighted by molar-refractivity contribution is 5.94. The van der Waals surface area contributed by atoms with Gasteiger partial charge in [0.15, 0.2) is 0 Å². The van der Waals surface area contributed by atoms with Crippen molar-refractivity contribution in [1.82, 2.24) is 20.8 Å². The smallest absolute Gasteiger partial charge is 0.293 e. The average Bonchev–Trinajstić information content (AvgIpc) is 2.73. The van der Waals surface area contributed by atoms with E-state index >= 15 is 0 Å². The van der Waals surface area contributed by atoms with Crippen molar-refractivity contribution >= 4 is 16.8 Å². The lowest BCUT2D eigenvalue weighted by atomic mass is 9.92. The number of pyridine rings is 2. The van der Waals surface area contributed by atoms with E-state index in [9.17, 15) is 4.79 Å². The summed E-state index contributed by atoms with van der Waals surface area (Å²) < 4.78 is 0. The van der Waals surface area contributed by atoms with Gasteiger partial charge in [0.2, 0.25) is 0 Å². The first-order valence-corrected chi connectivity index (χ1v) is 8.77. The maximum absolute atomic E-state index is 11.5. The maximum atomic E-state index is 11.5. The lowest BCUT2D eigenvalue weighted by Crippen LogP contribution is -2.27. The number of nitrogens with zero attached hydrogens (tertiary/aromatic N) is 2. The third-order valence-corrected chi connectivity index (χ3v) is 4.90. The van der Waals surface area contributed by atoms with Crippen molar-refractivity contribution in [2.24, 2.45) is 0 Å². The number of rotatable bonds is 3. The molecule has 6 nitrogen and oxygen atoms in total. The molecule has 0 radical (unpaired) electrons. The van der Waals surface area contributed by atoms with Gasteiger partial charge in [0.1, 0.15) is 5.69 Å². The van der Waals surface area contributed by atoms with Gasteiger partial charge in [-0.2, -0.15) is 0 Å². The van der Waals surface area contributed by atoms with E-state index in [1.165, 1.54) is 0 Å². The molecular weight excluding hydrogens is 328 g/mol. The van der Waals surface area contributed by atoms with Gasteiger partial charge in [-0.25, -0.2) is 10.5 Å². The zero-order valence-electron chi connectivity index (χ0n) is 14.3. The normalized spacial score (nSPS) is 15.1. The number of carbonyl (C=O) groups excluding carboxylic acids is 1. The van der Waals surface area contributed by atoms with Crippen LogP contribution in [0.5, 0.6) is 0 Å². The SMILES string of the molecule is O=C(NO)c1ccc2cc(-c3ccnc(C4CCNCC4)c3)ccc2n1. The molecule has 1 amide bonds. The fourth-order valence-electron chi connectivity index (χ4n) is 3.46. The number of fused-ring (bicyclic) bond motifs is 1. The van der Waals surface area contributed by atoms with E-state index in [0.29, 0.717) is 11.4 Å². The van der Waals surface area contributed by atoms with Gasteiger partial charge in [0.05, 0.1) is 5.52 Å². The highest BCUT2D eigenvalue weighted by Crippen LogP contribution is 2.29. The van der Waals surface area contributed by atoms with Crippen LogP contribution in [0.2, 0.25) is 0 Å². The monoisotopic (exact) mass is 348 g/mol. The van der Waals surface area contributed by atoms with E-state index in [1.807, 2.05) is 30.5 Å². The standard InChI is InChI=1S/C20H20N4O2/c25-20(24-26)18-4-2-16-11-14(1-3-17(16)23-18)15-7-10-22-19(12-15)13-5-8-21-9-6-13/h1-4,7,10-13,21,26H,5-6,8-9H2,(H,24,25). The fourth-order valence-corrected chi connectivity index (χ4v) is 3.46. The Hall–Kier alpha value is -2.83. The van der Waals surface area contributed by atoms with Crippen LogP contribution in [0.25, 0.3) is 22.0 Å². The minimum atomic E-state index is -0.614. The van der Waals surface area contributed by atoms with Crippen molar-refractivity contribution in [3.63, 3.8) is 0 Å². The highest BCUT2D eigenvalue weighted by Gasteiger charge is 2.17. The van der Waals surface area contributed by atoms with Crippen molar-refractivity contribution in [2.75, 3.05) is 13.1 Å². The third-order valence-electron chi connectivity index (χ3n) is 4.90. The summed E-state index contributed by atoms with van der Waals surface area (Å²) in [5.74, 6) is -0.102. The molecule has 0 unspecified atom stereocenters. The van der Waals surface area contributed by atoms with Crippen LogP contribution in [0, 0.1) is 0 Å². The number of hydroxylamine groups is 1. The second kappa shape index (κ2) is 7.19. The van der Waals surface area contributed by atoms with Gasteiger partial charge >= 0.3 is 0 Å². The molecule has 2 aromatic heterocycles. The number of carbonyl (C=O) groups is 1. The Labute approximate surface area is 151 Å². The van der Waals surface area contributed by atoms with E-state index < -0.39 is 5.91 Å². The largest absolute Gasteiger partial charge is 0.317 e. The maximum Gasteiger partial charge on any atom is 0.293 e. The van der Waals surface area contributed by atoms with Crippen LogP contribution in [-0.2, 0) is 0 Å². The lowest BCUT2D eigenvalue weighted by Gasteiger charge is -2.22. The van der Waals surface area contributed by atoms with E-state index in [0.717, 1.165) is 48.1 Å². The van der Waals surface area contributed by atoms with Gasteiger partial charge in [0.25, 0.3) is 5.91 Å². The van der Waals surface area contributed by atoms with Crippen molar-refractivity contribution < 1.29 is 10.0 Å². The van der Waals surface area contributed by atoms with Crippen molar-refractivity contribution in [3.8, 4) is 11.1 Å². The Kier molecular flexibility index (Phi) is 4.60. The number of amides is 1. The number of hydrogen-bond acceptors (Lipinski definition) is 5. The Morgan fingerprint density at radius 1 is 1.08 bits per heavy atom. The summed E-state index contributed by atoms with van der Waals surface area (Å²) in [4.78, 5) is 20.4. The van der Waals surface area contributed by atoms with Gasteiger partial charge < -0.3 is 5.32 Å². The third kappa shape index (κ3) is 3.29. The molecule has 0 atom stereocenters. The molecule has 1 saturated heterocycles. The van der Waals surface area contributed by atoms with Crippen molar-refractivity contribution in [3.05, 3.63) is 60.0 Å². The van der Waals surface area contributed by atoms with Gasteiger partial charge in [-0.3, -0.25) is 15.0 Å². The van der Waals surface area contributed by atoms with Crippen LogP contribution >= 0.6 is 0 Å². The minimum Gasteiger partial charge on any atom is -0.317 e. The topological polar surface area (TPSA) is 87.1 Å². The predicted octanol–water partition coefficient (Wildman–Crippen LogP) is 2.88. The molecule has 3 N–H and O–H groups in total. The van der Waals surface area contributed by atoms with Crippen LogP contribution in [0.15, 0.2) is 48.7 Å². The lowest BCUT2D eigenvalue weighted by molar-refractivity contribution is 0.0701. The first-order valence-electron chi connectivity index (χ1n) is 8.77. The van der Waals surface area contributed by atoms with Crippen LogP contribution in [0.3, 0.4) is 0 Å². The summed E-state index contributed by atoms with van der Waals surface area (Å²) in [6, 6.07) is 13.6. The summed E-state index contributed by atoms with van der Waals surface area (Å²) in [6.07, 6.45) is 4.12. The van der Waals surface area contributed by atoms with Crippen molar-refractivity contribution in [1.29, 1.82) is 0 Å². The average molecular weight is 348 g/mol. The van der Waals surface area contributed by atoms with Crippen molar-refractivity contribution in [2.45, 2.75) is 18.8 Å². The highest BCUT2D eigenvalue weighted by atomic mass is 16.5. The molecule has 0 spiro atoms. The Balaban J connectivity index is 1.67. The van der Waals surface area contributed by atoms with E-state index in [2.05, 4.69) is 27.4 Å². The molecule has 6 heteroatoms. The van der Waals surface area contributed by atoms with E-state index in [1.54, 1.807) is 11.5 Å². The Bertz CT molecular complexity index is 951. The molecule has 3 aromatic rings. The molecule has 0 aliphatic carbocycles. The molecule has 132 valence electrons. The number of hydrogen-bond donors (Lipinski definition) is 3. The molecule has 1 fully saturated rings. The zero-order valence-corrected chi connectivity index (χ0v) is 14.3. The van der Waals surface area contributed by atoms with Crippen LogP contribution in [-0.4, -0.2) is 34.2 Å². The predicted molar refractivity (Wildman–Crippen MR) is 99.1 cm³/mol. The molecule has 1 aromatic carbocycles. The van der Waals surface area contributed by atoms with Gasteiger partial charge in [0, 0.05) is 23.2 Å². The molecule has 1 aliphatic rings. The molecular formula is C20H20N4O2. The molecule has 1 aliphatic heterocycles. The first-order chi connectivity index (χ1) is 12.7. The number of piperidine rings is 1. The van der Waals surface area contributed by atoms with E-state index in [4.69, 9.17) is 5.21 Å². The summed E-state index contributed by atoms with van der Waals surface area (Å²) in [5.41, 5.74) is 5.88. The Morgan fingerprint density at radius 2 is 1.88 bits per heavy atom. The van der Waals surface area contributed by atoms with Gasteiger partial charge in [-0.1, -0.05) is 12.1 Å². The summed E-state index contributed by atoms with van der Waals surface area (Å²) in [7, 11) is 0. The number of nitrogens with one attached hydrogen (secondary N) is 2. The number of benzene rings is 1. The zero-order chi connectivity index (χ0) is 17.9. The fraction of sp³-hybridized carbons (Fsp3) is 0.250. The van der Waals surface area contributed by atoms with Crippen LogP contribution in [0.4, 0.5) is 0 Å². The van der Waals surface area contributed by atoms with Gasteiger partial charge in [-0.15, -0.1) is 0 Å².